The summed E-state index contributed by atoms with van der Waals surface area (Å²) in [4.78, 5) is 11.5. The zero-order valence-electron chi connectivity index (χ0n) is 10.7. The van der Waals surface area contributed by atoms with E-state index in [2.05, 4.69) is 36.5 Å². The molecule has 0 saturated heterocycles. The number of carbonyl (C=O) groups excluding carboxylic acids is 1. The van der Waals surface area contributed by atoms with Crippen LogP contribution in [-0.4, -0.2) is 18.9 Å². The number of ketones is 1. The van der Waals surface area contributed by atoms with Gasteiger partial charge in [-0.15, -0.1) is 0 Å². The molecule has 1 atom stereocenters. The SMILES string of the molecule is CNC(CC1=CCc2ccc(C)cc21)C(C)=O. The fraction of sp³-hybridized carbons (Fsp3) is 0.400. The molecule has 1 aliphatic rings. The van der Waals surface area contributed by atoms with E-state index in [1.807, 2.05) is 7.05 Å². The van der Waals surface area contributed by atoms with Gasteiger partial charge >= 0.3 is 0 Å². The fourth-order valence-corrected chi connectivity index (χ4v) is 2.37. The molecule has 17 heavy (non-hydrogen) atoms. The molecule has 0 heterocycles. The Balaban J connectivity index is 2.21. The summed E-state index contributed by atoms with van der Waals surface area (Å²) >= 11 is 0. The Kier molecular flexibility index (Phi) is 3.43. The molecular weight excluding hydrogens is 210 g/mol. The Bertz CT molecular complexity index is 474. The molecule has 0 aromatic heterocycles. The van der Waals surface area contributed by atoms with Gasteiger partial charge in [-0.25, -0.2) is 0 Å². The lowest BCUT2D eigenvalue weighted by Crippen LogP contribution is -2.32. The lowest BCUT2D eigenvalue weighted by atomic mass is 9.97. The quantitative estimate of drug-likeness (QED) is 0.859. The van der Waals surface area contributed by atoms with Crippen LogP contribution in [0.5, 0.6) is 0 Å². The van der Waals surface area contributed by atoms with Crippen LogP contribution in [0.15, 0.2) is 24.3 Å². The number of hydrogen-bond donors (Lipinski definition) is 1. The standard InChI is InChI=1S/C15H19NO/c1-10-4-5-12-6-7-13(14(12)8-10)9-15(16-3)11(2)17/h4-5,7-8,15-16H,6,9H2,1-3H3. The maximum atomic E-state index is 11.5. The Morgan fingerprint density at radius 2 is 2.24 bits per heavy atom. The van der Waals surface area contributed by atoms with Crippen molar-refractivity contribution >= 4 is 11.4 Å². The van der Waals surface area contributed by atoms with Crippen molar-refractivity contribution in [1.82, 2.24) is 5.32 Å². The number of nitrogens with one attached hydrogen (secondary N) is 1. The van der Waals surface area contributed by atoms with Gasteiger partial charge in [-0.3, -0.25) is 4.79 Å². The van der Waals surface area contributed by atoms with E-state index < -0.39 is 0 Å². The lowest BCUT2D eigenvalue weighted by Gasteiger charge is -2.14. The summed E-state index contributed by atoms with van der Waals surface area (Å²) in [6.45, 7) is 3.75. The lowest BCUT2D eigenvalue weighted by molar-refractivity contribution is -0.118. The number of aryl methyl sites for hydroxylation is 1. The molecule has 0 bridgehead atoms. The van der Waals surface area contributed by atoms with Crippen LogP contribution in [-0.2, 0) is 11.2 Å². The molecule has 1 unspecified atom stereocenters. The maximum absolute atomic E-state index is 11.5. The van der Waals surface area contributed by atoms with E-state index in [4.69, 9.17) is 0 Å². The van der Waals surface area contributed by atoms with E-state index in [0.29, 0.717) is 0 Å². The van der Waals surface area contributed by atoms with Crippen molar-refractivity contribution in [3.63, 3.8) is 0 Å². The fourth-order valence-electron chi connectivity index (χ4n) is 2.37. The van der Waals surface area contributed by atoms with Crippen LogP contribution in [0.3, 0.4) is 0 Å². The molecule has 1 aromatic rings. The van der Waals surface area contributed by atoms with Crippen LogP contribution in [0.2, 0.25) is 0 Å². The van der Waals surface area contributed by atoms with E-state index in [1.54, 1.807) is 6.92 Å². The topological polar surface area (TPSA) is 29.1 Å². The van der Waals surface area contributed by atoms with Gasteiger partial charge < -0.3 is 5.32 Å². The summed E-state index contributed by atoms with van der Waals surface area (Å²) in [5.41, 5.74) is 5.29. The first-order valence-electron chi connectivity index (χ1n) is 6.08. The monoisotopic (exact) mass is 229 g/mol. The van der Waals surface area contributed by atoms with Gasteiger partial charge in [0.15, 0.2) is 0 Å². The van der Waals surface area contributed by atoms with Crippen molar-refractivity contribution in [3.05, 3.63) is 41.0 Å². The Labute approximate surface area is 103 Å². The van der Waals surface area contributed by atoms with Crippen molar-refractivity contribution in [2.45, 2.75) is 32.7 Å². The Morgan fingerprint density at radius 1 is 1.47 bits per heavy atom. The third-order valence-electron chi connectivity index (χ3n) is 3.44. The van der Waals surface area contributed by atoms with Gasteiger partial charge in [-0.05, 0) is 50.4 Å². The van der Waals surface area contributed by atoms with E-state index in [9.17, 15) is 4.79 Å². The molecule has 0 spiro atoms. The maximum Gasteiger partial charge on any atom is 0.147 e. The van der Waals surface area contributed by atoms with Gasteiger partial charge in [0.05, 0.1) is 6.04 Å². The minimum absolute atomic E-state index is 0.0623. The van der Waals surface area contributed by atoms with Crippen LogP contribution < -0.4 is 5.32 Å². The van der Waals surface area contributed by atoms with Crippen molar-refractivity contribution in [2.24, 2.45) is 0 Å². The van der Waals surface area contributed by atoms with Gasteiger partial charge in [-0.2, -0.15) is 0 Å². The second kappa shape index (κ2) is 4.84. The second-order valence-corrected chi connectivity index (χ2v) is 4.75. The van der Waals surface area contributed by atoms with Crippen LogP contribution in [0.4, 0.5) is 0 Å². The molecule has 0 amide bonds. The van der Waals surface area contributed by atoms with Crippen molar-refractivity contribution in [1.29, 1.82) is 0 Å². The molecule has 1 N–H and O–H groups in total. The normalized spacial score (nSPS) is 15.4. The highest BCUT2D eigenvalue weighted by Crippen LogP contribution is 2.31. The zero-order chi connectivity index (χ0) is 12.4. The van der Waals surface area contributed by atoms with Gasteiger partial charge in [0, 0.05) is 0 Å². The van der Waals surface area contributed by atoms with Crippen molar-refractivity contribution in [2.75, 3.05) is 7.05 Å². The summed E-state index contributed by atoms with van der Waals surface area (Å²) in [5.74, 6) is 0.203. The molecule has 0 radical (unpaired) electrons. The van der Waals surface area contributed by atoms with Crippen LogP contribution in [0.1, 0.15) is 30.0 Å². The highest BCUT2D eigenvalue weighted by molar-refractivity contribution is 5.85. The first-order valence-corrected chi connectivity index (χ1v) is 6.08. The van der Waals surface area contributed by atoms with Crippen molar-refractivity contribution in [3.8, 4) is 0 Å². The summed E-state index contributed by atoms with van der Waals surface area (Å²) in [5, 5.41) is 3.08. The van der Waals surface area contributed by atoms with Gasteiger partial charge in [0.1, 0.15) is 5.78 Å². The van der Waals surface area contributed by atoms with Gasteiger partial charge in [-0.1, -0.05) is 29.8 Å². The number of likely N-dealkylation sites (N-methyl/N-ethyl adjacent to an activating group) is 1. The number of hydrogen-bond acceptors (Lipinski definition) is 2. The molecule has 2 nitrogen and oxygen atoms in total. The van der Waals surface area contributed by atoms with E-state index in [0.717, 1.165) is 12.8 Å². The highest BCUT2D eigenvalue weighted by atomic mass is 16.1. The van der Waals surface area contributed by atoms with Gasteiger partial charge in [0.2, 0.25) is 0 Å². The zero-order valence-corrected chi connectivity index (χ0v) is 10.7. The summed E-state index contributed by atoms with van der Waals surface area (Å²) < 4.78 is 0. The van der Waals surface area contributed by atoms with E-state index in [-0.39, 0.29) is 11.8 Å². The molecule has 0 saturated carbocycles. The summed E-state index contributed by atoms with van der Waals surface area (Å²) in [6.07, 6.45) is 4.04. The highest BCUT2D eigenvalue weighted by Gasteiger charge is 2.19. The summed E-state index contributed by atoms with van der Waals surface area (Å²) in [6, 6.07) is 6.50. The number of rotatable bonds is 4. The molecule has 2 rings (SSSR count). The molecule has 0 aliphatic heterocycles. The molecule has 1 aliphatic carbocycles. The molecule has 90 valence electrons. The van der Waals surface area contributed by atoms with Crippen molar-refractivity contribution < 1.29 is 4.79 Å². The minimum atomic E-state index is -0.0623. The molecule has 0 fully saturated rings. The van der Waals surface area contributed by atoms with Crippen LogP contribution in [0, 0.1) is 6.92 Å². The Morgan fingerprint density at radius 3 is 2.88 bits per heavy atom. The average molecular weight is 229 g/mol. The first kappa shape index (κ1) is 12.1. The smallest absolute Gasteiger partial charge is 0.147 e. The number of carbonyl (C=O) groups is 1. The minimum Gasteiger partial charge on any atom is -0.310 e. The molecule has 1 aromatic carbocycles. The van der Waals surface area contributed by atoms with Crippen LogP contribution >= 0.6 is 0 Å². The molecule has 2 heteroatoms. The Hall–Kier alpha value is -1.41. The first-order chi connectivity index (χ1) is 8.11. The predicted molar refractivity (Wildman–Crippen MR) is 71.0 cm³/mol. The molecular formula is C15H19NO. The third-order valence-corrected chi connectivity index (χ3v) is 3.44. The van der Waals surface area contributed by atoms with E-state index >= 15 is 0 Å². The number of Topliss-reactive ketones (excluding diaryl/α,β-unsaturated/α-hetero) is 1. The number of benzene rings is 1. The largest absolute Gasteiger partial charge is 0.310 e. The second-order valence-electron chi connectivity index (χ2n) is 4.75. The van der Waals surface area contributed by atoms with Crippen LogP contribution in [0.25, 0.3) is 5.57 Å². The third kappa shape index (κ3) is 2.47. The average Bonchev–Trinajstić information content (AvgIpc) is 2.68. The summed E-state index contributed by atoms with van der Waals surface area (Å²) in [7, 11) is 1.85. The number of fused-ring (bicyclic) bond motifs is 1. The van der Waals surface area contributed by atoms with E-state index in [1.165, 1.54) is 22.3 Å². The predicted octanol–water partition coefficient (Wildman–Crippen LogP) is 2.50. The van der Waals surface area contributed by atoms with Gasteiger partial charge in [0.25, 0.3) is 0 Å². The number of allylic oxidation sites excluding steroid dienone is 1.